The van der Waals surface area contributed by atoms with E-state index in [2.05, 4.69) is 56.0 Å². The van der Waals surface area contributed by atoms with Gasteiger partial charge in [-0.15, -0.1) is 11.3 Å². The van der Waals surface area contributed by atoms with E-state index in [1.807, 2.05) is 12.3 Å². The molecule has 1 atom stereocenters. The van der Waals surface area contributed by atoms with Crippen molar-refractivity contribution < 1.29 is 4.74 Å². The zero-order valence-electron chi connectivity index (χ0n) is 15.4. The maximum atomic E-state index is 5.61. The highest BCUT2D eigenvalue weighted by Gasteiger charge is 2.18. The summed E-state index contributed by atoms with van der Waals surface area (Å²) in [5, 5.41) is 8.85. The first-order valence-corrected chi connectivity index (χ1v) is 9.91. The first kappa shape index (κ1) is 18.7. The summed E-state index contributed by atoms with van der Waals surface area (Å²) in [4.78, 5) is 12.5. The van der Waals surface area contributed by atoms with Gasteiger partial charge in [-0.2, -0.15) is 0 Å². The monoisotopic (exact) mass is 373 g/mol. The summed E-state index contributed by atoms with van der Waals surface area (Å²) in [6, 6.07) is 8.43. The third-order valence-corrected chi connectivity index (χ3v) is 5.24. The van der Waals surface area contributed by atoms with Gasteiger partial charge in [0.25, 0.3) is 0 Å². The van der Waals surface area contributed by atoms with Crippen molar-refractivity contribution in [2.24, 2.45) is 4.99 Å². The molecule has 2 aromatic rings. The summed E-state index contributed by atoms with van der Waals surface area (Å²) in [5.41, 5.74) is 1.19. The molecule has 2 N–H and O–H groups in total. The lowest BCUT2D eigenvalue weighted by Gasteiger charge is -2.32. The highest BCUT2D eigenvalue weighted by Crippen LogP contribution is 2.16. The van der Waals surface area contributed by atoms with Crippen LogP contribution in [0.5, 0.6) is 0 Å². The largest absolute Gasteiger partial charge is 0.375 e. The Bertz CT molecular complexity index is 704. The fraction of sp³-hybridized carbons (Fsp3) is 0.474. The van der Waals surface area contributed by atoms with Crippen molar-refractivity contribution in [3.8, 4) is 0 Å². The molecule has 140 valence electrons. The van der Waals surface area contributed by atoms with Crippen molar-refractivity contribution in [3.63, 3.8) is 0 Å². The van der Waals surface area contributed by atoms with E-state index >= 15 is 0 Å². The Labute approximate surface area is 159 Å². The van der Waals surface area contributed by atoms with Crippen molar-refractivity contribution in [2.75, 3.05) is 38.2 Å². The third-order valence-electron chi connectivity index (χ3n) is 4.30. The van der Waals surface area contributed by atoms with Gasteiger partial charge >= 0.3 is 0 Å². The van der Waals surface area contributed by atoms with E-state index in [0.717, 1.165) is 44.4 Å². The van der Waals surface area contributed by atoms with E-state index in [9.17, 15) is 0 Å². The van der Waals surface area contributed by atoms with E-state index in [4.69, 9.17) is 4.74 Å². The van der Waals surface area contributed by atoms with Crippen LogP contribution in [0.2, 0.25) is 0 Å². The predicted molar refractivity (Wildman–Crippen MR) is 108 cm³/mol. The number of ether oxygens (including phenoxy) is 1. The third kappa shape index (κ3) is 5.44. The van der Waals surface area contributed by atoms with Crippen LogP contribution in [0, 0.1) is 0 Å². The normalized spacial score (nSPS) is 18.0. The van der Waals surface area contributed by atoms with Crippen LogP contribution in [0.15, 0.2) is 40.8 Å². The molecule has 1 saturated heterocycles. The van der Waals surface area contributed by atoms with Gasteiger partial charge in [-0.05, 0) is 42.5 Å². The number of rotatable bonds is 6. The van der Waals surface area contributed by atoms with E-state index in [1.54, 1.807) is 18.4 Å². The van der Waals surface area contributed by atoms with Crippen molar-refractivity contribution >= 4 is 23.1 Å². The molecule has 1 fully saturated rings. The average molecular weight is 374 g/mol. The zero-order chi connectivity index (χ0) is 18.2. The Kier molecular flexibility index (Phi) is 6.85. The number of aliphatic imine (C=N–C) groups is 1. The molecule has 0 aliphatic carbocycles. The lowest BCUT2D eigenvalue weighted by molar-refractivity contribution is 0.0529. The molecule has 26 heavy (non-hydrogen) atoms. The molecule has 0 amide bonds. The molecule has 6 nitrogen and oxygen atoms in total. The minimum atomic E-state index is 0.249. The summed E-state index contributed by atoms with van der Waals surface area (Å²) in [5.74, 6) is 1.83. The molecule has 3 rings (SSSR count). The topological polar surface area (TPSA) is 61.8 Å². The van der Waals surface area contributed by atoms with Crippen LogP contribution >= 0.6 is 11.3 Å². The van der Waals surface area contributed by atoms with Crippen molar-refractivity contribution in [2.45, 2.75) is 26.0 Å². The number of aromatic nitrogens is 1. The number of thiophene rings is 1. The average Bonchev–Trinajstić information content (AvgIpc) is 3.18. The van der Waals surface area contributed by atoms with E-state index in [1.165, 1.54) is 10.4 Å². The molecule has 0 saturated carbocycles. The van der Waals surface area contributed by atoms with Crippen molar-refractivity contribution in [1.29, 1.82) is 0 Å². The maximum Gasteiger partial charge on any atom is 0.191 e. The van der Waals surface area contributed by atoms with Gasteiger partial charge in [0.05, 0.1) is 12.7 Å². The van der Waals surface area contributed by atoms with Crippen LogP contribution in [0.3, 0.4) is 0 Å². The molecule has 0 spiro atoms. The molecule has 1 aliphatic rings. The molecule has 0 aromatic carbocycles. The van der Waals surface area contributed by atoms with Gasteiger partial charge in [0.15, 0.2) is 5.96 Å². The van der Waals surface area contributed by atoms with E-state index in [-0.39, 0.29) is 6.10 Å². The van der Waals surface area contributed by atoms with Gasteiger partial charge in [-0.1, -0.05) is 6.07 Å². The quantitative estimate of drug-likeness (QED) is 0.601. The predicted octanol–water partition coefficient (Wildman–Crippen LogP) is 2.28. The molecule has 0 bridgehead atoms. The number of pyridine rings is 1. The first-order valence-electron chi connectivity index (χ1n) is 9.03. The molecular weight excluding hydrogens is 346 g/mol. The molecule has 7 heteroatoms. The number of hydrogen-bond acceptors (Lipinski definition) is 5. The number of hydrogen-bond donors (Lipinski definition) is 2. The van der Waals surface area contributed by atoms with Crippen LogP contribution < -0.4 is 15.5 Å². The molecular formula is C19H27N5OS. The Morgan fingerprint density at radius 2 is 2.35 bits per heavy atom. The van der Waals surface area contributed by atoms with E-state index in [0.29, 0.717) is 6.54 Å². The van der Waals surface area contributed by atoms with Gasteiger partial charge in [-0.3, -0.25) is 4.99 Å². The van der Waals surface area contributed by atoms with Crippen LogP contribution in [0.4, 0.5) is 5.82 Å². The molecule has 3 heterocycles. The second-order valence-electron chi connectivity index (χ2n) is 6.33. The summed E-state index contributed by atoms with van der Waals surface area (Å²) < 4.78 is 5.61. The van der Waals surface area contributed by atoms with Gasteiger partial charge in [0, 0.05) is 44.3 Å². The Hall–Kier alpha value is -2.12. The summed E-state index contributed by atoms with van der Waals surface area (Å²) in [6.07, 6.45) is 3.13. The highest BCUT2D eigenvalue weighted by molar-refractivity contribution is 7.09. The second-order valence-corrected chi connectivity index (χ2v) is 7.36. The van der Waals surface area contributed by atoms with Gasteiger partial charge < -0.3 is 20.3 Å². The van der Waals surface area contributed by atoms with Gasteiger partial charge in [-0.25, -0.2) is 4.98 Å². The molecule has 2 aromatic heterocycles. The van der Waals surface area contributed by atoms with Crippen LogP contribution in [-0.4, -0.2) is 50.3 Å². The highest BCUT2D eigenvalue weighted by atomic mass is 32.1. The number of morpholine rings is 1. The zero-order valence-corrected chi connectivity index (χ0v) is 16.3. The number of anilines is 1. The van der Waals surface area contributed by atoms with Crippen molar-refractivity contribution in [3.05, 3.63) is 46.3 Å². The standard InChI is InChI=1S/C19H27N5OS/c1-15-14-24(9-10-25-15)18-12-16(5-7-21-18)13-23-19(20-2)22-8-6-17-4-3-11-26-17/h3-5,7,11-12,15H,6,8-10,13-14H2,1-2H3,(H2,20,22,23). The minimum absolute atomic E-state index is 0.249. The fourth-order valence-corrected chi connectivity index (χ4v) is 3.64. The fourth-order valence-electron chi connectivity index (χ4n) is 2.94. The van der Waals surface area contributed by atoms with Crippen molar-refractivity contribution in [1.82, 2.24) is 15.6 Å². The molecule has 1 aliphatic heterocycles. The maximum absolute atomic E-state index is 5.61. The number of guanidine groups is 1. The number of nitrogens with one attached hydrogen (secondary N) is 2. The first-order chi connectivity index (χ1) is 12.7. The minimum Gasteiger partial charge on any atom is -0.375 e. The number of nitrogens with zero attached hydrogens (tertiary/aromatic N) is 3. The van der Waals surface area contributed by atoms with Gasteiger partial charge in [0.1, 0.15) is 5.82 Å². The summed E-state index contributed by atoms with van der Waals surface area (Å²) in [6.45, 7) is 6.22. The Balaban J connectivity index is 1.49. The Morgan fingerprint density at radius 1 is 1.42 bits per heavy atom. The van der Waals surface area contributed by atoms with Crippen LogP contribution in [0.25, 0.3) is 0 Å². The summed E-state index contributed by atoms with van der Waals surface area (Å²) >= 11 is 1.79. The molecule has 1 unspecified atom stereocenters. The lowest BCUT2D eigenvalue weighted by atomic mass is 10.2. The molecule has 0 radical (unpaired) electrons. The SMILES string of the molecule is CN=C(NCCc1cccs1)NCc1ccnc(N2CCOC(C)C2)c1. The van der Waals surface area contributed by atoms with Crippen LogP contribution in [0.1, 0.15) is 17.4 Å². The smallest absolute Gasteiger partial charge is 0.191 e. The van der Waals surface area contributed by atoms with E-state index < -0.39 is 0 Å². The second kappa shape index (κ2) is 9.54. The van der Waals surface area contributed by atoms with Crippen LogP contribution in [-0.2, 0) is 17.7 Å². The van der Waals surface area contributed by atoms with Gasteiger partial charge in [0.2, 0.25) is 0 Å². The lowest BCUT2D eigenvalue weighted by Crippen LogP contribution is -2.41. The summed E-state index contributed by atoms with van der Waals surface area (Å²) in [7, 11) is 1.80. The Morgan fingerprint density at radius 3 is 3.12 bits per heavy atom.